The van der Waals surface area contributed by atoms with Crippen molar-refractivity contribution in [2.45, 2.75) is 72.8 Å². The lowest BCUT2D eigenvalue weighted by molar-refractivity contribution is 0.0157. The number of carbonyl (C=O) groups excluding carboxylic acids is 2. The van der Waals surface area contributed by atoms with Crippen LogP contribution in [0.1, 0.15) is 55.4 Å². The summed E-state index contributed by atoms with van der Waals surface area (Å²) in [7, 11) is 0. The molecule has 12 heteroatoms. The van der Waals surface area contributed by atoms with Crippen LogP contribution in [0.3, 0.4) is 0 Å². The number of ether oxygens (including phenoxy) is 2. The van der Waals surface area contributed by atoms with Crippen LogP contribution in [0.2, 0.25) is 0 Å². The number of nitrogen functional groups attached to an aromatic ring is 1. The highest BCUT2D eigenvalue weighted by Gasteiger charge is 2.37. The van der Waals surface area contributed by atoms with E-state index in [4.69, 9.17) is 15.2 Å². The molecule has 2 rings (SSSR count). The minimum absolute atomic E-state index is 0.210. The first-order valence-electron chi connectivity index (χ1n) is 10.3. The molecule has 0 saturated heterocycles. The molecular weight excluding hydrogens is 446 g/mol. The molecule has 2 aromatic heterocycles. The van der Waals surface area contributed by atoms with Crippen molar-refractivity contribution in [1.82, 2.24) is 20.2 Å². The Morgan fingerprint density at radius 1 is 1.12 bits per heavy atom. The van der Waals surface area contributed by atoms with Crippen molar-refractivity contribution < 1.29 is 19.1 Å². The molecule has 0 saturated carbocycles. The van der Waals surface area contributed by atoms with Crippen LogP contribution in [0.15, 0.2) is 23.4 Å². The number of pyridine rings is 1. The molecular formula is C21H31N7O4S. The molecule has 33 heavy (non-hydrogen) atoms. The van der Waals surface area contributed by atoms with Gasteiger partial charge in [-0.25, -0.2) is 19.5 Å². The number of carbonyl (C=O) groups is 2. The van der Waals surface area contributed by atoms with Crippen LogP contribution in [-0.2, 0) is 9.47 Å². The fourth-order valence-electron chi connectivity index (χ4n) is 2.55. The fraction of sp³-hybridized carbons (Fsp3) is 0.524. The average Bonchev–Trinajstić information content (AvgIpc) is 3.12. The van der Waals surface area contributed by atoms with E-state index in [0.29, 0.717) is 16.4 Å². The number of nitrogens with two attached hydrogens (primary N) is 1. The average molecular weight is 478 g/mol. The van der Waals surface area contributed by atoms with Crippen molar-refractivity contribution in [2.75, 3.05) is 10.6 Å². The van der Waals surface area contributed by atoms with E-state index >= 15 is 0 Å². The number of hydrogen-bond donors (Lipinski definition) is 1. The topological polar surface area (TPSA) is 136 Å². The molecule has 2 aromatic rings. The van der Waals surface area contributed by atoms with Crippen LogP contribution >= 0.6 is 11.3 Å². The maximum Gasteiger partial charge on any atom is 0.432 e. The van der Waals surface area contributed by atoms with Gasteiger partial charge < -0.3 is 15.2 Å². The van der Waals surface area contributed by atoms with Crippen molar-refractivity contribution in [1.29, 1.82) is 0 Å². The summed E-state index contributed by atoms with van der Waals surface area (Å²) in [5.41, 5.74) is 4.92. The van der Waals surface area contributed by atoms with Crippen molar-refractivity contribution in [3.05, 3.63) is 18.3 Å². The third-order valence-electron chi connectivity index (χ3n) is 3.79. The van der Waals surface area contributed by atoms with Crippen LogP contribution in [0, 0.1) is 0 Å². The second kappa shape index (κ2) is 10.1. The van der Waals surface area contributed by atoms with E-state index in [-0.39, 0.29) is 5.13 Å². The molecule has 0 radical (unpaired) electrons. The largest absolute Gasteiger partial charge is 0.443 e. The first-order chi connectivity index (χ1) is 15.2. The highest BCUT2D eigenvalue weighted by atomic mass is 32.1. The number of rotatable bonds is 5. The second-order valence-corrected chi connectivity index (χ2v) is 10.00. The van der Waals surface area contributed by atoms with Crippen molar-refractivity contribution in [3.63, 3.8) is 0 Å². The highest BCUT2D eigenvalue weighted by molar-refractivity contribution is 7.18. The zero-order chi connectivity index (χ0) is 25.0. The summed E-state index contributed by atoms with van der Waals surface area (Å²) in [6.45, 7) is 13.7. The molecule has 1 atom stereocenters. The predicted molar refractivity (Wildman–Crippen MR) is 128 cm³/mol. The summed E-state index contributed by atoms with van der Waals surface area (Å²) in [5.74, 6) is 0.329. The molecule has 2 amide bonds. The maximum absolute atomic E-state index is 13.2. The number of hydrazone groups is 1. The Morgan fingerprint density at radius 3 is 2.27 bits per heavy atom. The summed E-state index contributed by atoms with van der Waals surface area (Å²) in [6.07, 6.45) is 0.605. The first kappa shape index (κ1) is 26.0. The number of amides is 2. The minimum Gasteiger partial charge on any atom is -0.443 e. The van der Waals surface area contributed by atoms with E-state index in [0.717, 1.165) is 16.3 Å². The summed E-state index contributed by atoms with van der Waals surface area (Å²) < 4.78 is 11.1. The molecule has 0 spiro atoms. The third kappa shape index (κ3) is 7.38. The smallest absolute Gasteiger partial charge is 0.432 e. The van der Waals surface area contributed by atoms with E-state index in [2.05, 4.69) is 20.3 Å². The van der Waals surface area contributed by atoms with E-state index in [1.807, 2.05) is 0 Å². The van der Waals surface area contributed by atoms with Gasteiger partial charge in [0, 0.05) is 18.0 Å². The molecule has 0 bridgehead atoms. The highest BCUT2D eigenvalue weighted by Crippen LogP contribution is 2.32. The number of aromatic nitrogens is 3. The molecule has 0 aromatic carbocycles. The standard InChI is InChI=1S/C21H31N7O4S/c1-9-24-28(19(30)32-21(6,7)8)13(2)27(18(29)31-20(3,4)5)17-26-25-16(33-17)14-10-11-23-15(22)12-14/h9-13H,1-8H3,(H2,22,23)/b24-9-. The van der Waals surface area contributed by atoms with Crippen molar-refractivity contribution in [2.24, 2.45) is 5.10 Å². The van der Waals surface area contributed by atoms with Gasteiger partial charge in [0.15, 0.2) is 0 Å². The lowest BCUT2D eigenvalue weighted by Gasteiger charge is -2.34. The van der Waals surface area contributed by atoms with Gasteiger partial charge in [-0.15, -0.1) is 10.2 Å². The molecule has 1 unspecified atom stereocenters. The second-order valence-electron chi connectivity index (χ2n) is 9.04. The van der Waals surface area contributed by atoms with Gasteiger partial charge in [0.25, 0.3) is 0 Å². The molecule has 180 valence electrons. The number of nitrogens with zero attached hydrogens (tertiary/aromatic N) is 6. The Balaban J connectivity index is 2.49. The Labute approximate surface area is 197 Å². The lowest BCUT2D eigenvalue weighted by atomic mass is 10.2. The van der Waals surface area contributed by atoms with Crippen molar-refractivity contribution in [3.8, 4) is 10.6 Å². The molecule has 2 N–H and O–H groups in total. The van der Waals surface area contributed by atoms with Gasteiger partial charge in [0.1, 0.15) is 28.2 Å². The third-order valence-corrected chi connectivity index (χ3v) is 4.76. The Kier molecular flexibility index (Phi) is 7.96. The molecule has 0 aliphatic carbocycles. The van der Waals surface area contributed by atoms with Gasteiger partial charge in [0.2, 0.25) is 5.13 Å². The normalized spacial score (nSPS) is 13.0. The van der Waals surface area contributed by atoms with Crippen LogP contribution in [0.4, 0.5) is 20.5 Å². The van der Waals surface area contributed by atoms with Crippen molar-refractivity contribution >= 4 is 40.7 Å². The minimum atomic E-state index is -0.936. The molecule has 2 heterocycles. The van der Waals surface area contributed by atoms with Gasteiger partial charge in [0.05, 0.1) is 0 Å². The zero-order valence-corrected chi connectivity index (χ0v) is 21.0. The van der Waals surface area contributed by atoms with Crippen LogP contribution < -0.4 is 10.6 Å². The Bertz CT molecular complexity index is 1010. The first-order valence-corrected chi connectivity index (χ1v) is 11.1. The number of anilines is 2. The number of hydrogen-bond acceptors (Lipinski definition) is 10. The van der Waals surface area contributed by atoms with Gasteiger partial charge >= 0.3 is 12.2 Å². The van der Waals surface area contributed by atoms with Crippen LogP contribution in [0.25, 0.3) is 10.6 Å². The predicted octanol–water partition coefficient (Wildman–Crippen LogP) is 4.51. The van der Waals surface area contributed by atoms with E-state index < -0.39 is 29.6 Å². The molecule has 0 aliphatic rings. The SMILES string of the molecule is C/C=N\N(C(=O)OC(C)(C)C)C(C)N(C(=O)OC(C)(C)C)c1nnc(-c2ccnc(N)c2)s1. The van der Waals surface area contributed by atoms with Crippen LogP contribution in [0.5, 0.6) is 0 Å². The van der Waals surface area contributed by atoms with Gasteiger partial charge in [-0.3, -0.25) is 0 Å². The summed E-state index contributed by atoms with van der Waals surface area (Å²) in [5, 5.41) is 14.3. The summed E-state index contributed by atoms with van der Waals surface area (Å²) in [4.78, 5) is 31.2. The van der Waals surface area contributed by atoms with Gasteiger partial charge in [-0.2, -0.15) is 10.1 Å². The maximum atomic E-state index is 13.2. The quantitative estimate of drug-likeness (QED) is 0.377. The van der Waals surface area contributed by atoms with Gasteiger partial charge in [-0.05, 0) is 67.5 Å². The lowest BCUT2D eigenvalue weighted by Crippen LogP contribution is -2.52. The fourth-order valence-corrected chi connectivity index (χ4v) is 3.46. The zero-order valence-electron chi connectivity index (χ0n) is 20.2. The Hall–Kier alpha value is -3.28. The summed E-state index contributed by atoms with van der Waals surface area (Å²) >= 11 is 1.13. The van der Waals surface area contributed by atoms with E-state index in [1.54, 1.807) is 73.7 Å². The van der Waals surface area contributed by atoms with E-state index in [9.17, 15) is 9.59 Å². The molecule has 0 fully saturated rings. The molecule has 0 aliphatic heterocycles. The molecule has 11 nitrogen and oxygen atoms in total. The monoisotopic (exact) mass is 477 g/mol. The van der Waals surface area contributed by atoms with Crippen LogP contribution in [-0.4, -0.2) is 56.0 Å². The van der Waals surface area contributed by atoms with E-state index in [1.165, 1.54) is 11.1 Å². The Morgan fingerprint density at radius 2 is 1.73 bits per heavy atom. The summed E-state index contributed by atoms with van der Waals surface area (Å²) in [6, 6.07) is 3.39. The van der Waals surface area contributed by atoms with Gasteiger partial charge in [-0.1, -0.05) is 11.3 Å².